The zero-order valence-corrected chi connectivity index (χ0v) is 12.3. The van der Waals surface area contributed by atoms with E-state index in [1.807, 2.05) is 26.0 Å². The minimum Gasteiger partial charge on any atom is -0.496 e. The number of benzene rings is 2. The van der Waals surface area contributed by atoms with Gasteiger partial charge in [0.2, 0.25) is 0 Å². The Hall–Kier alpha value is -2.56. The Bertz CT molecular complexity index is 647. The predicted octanol–water partition coefficient (Wildman–Crippen LogP) is 3.80. The van der Waals surface area contributed by atoms with E-state index in [0.717, 1.165) is 16.7 Å². The van der Waals surface area contributed by atoms with Gasteiger partial charge < -0.3 is 9.47 Å². The third-order valence-corrected chi connectivity index (χ3v) is 3.04. The lowest BCUT2D eigenvalue weighted by Crippen LogP contribution is -2.00. The third-order valence-electron chi connectivity index (χ3n) is 3.04. The maximum absolute atomic E-state index is 11.1. The van der Waals surface area contributed by atoms with E-state index in [-0.39, 0.29) is 18.0 Å². The molecule has 0 aliphatic heterocycles. The summed E-state index contributed by atoms with van der Waals surface area (Å²) in [5, 5.41) is 11.1. The van der Waals surface area contributed by atoms with Gasteiger partial charge in [-0.15, -0.1) is 0 Å². The first-order chi connectivity index (χ1) is 9.99. The van der Waals surface area contributed by atoms with Crippen molar-refractivity contribution >= 4 is 5.69 Å². The topological polar surface area (TPSA) is 61.6 Å². The summed E-state index contributed by atoms with van der Waals surface area (Å²) < 4.78 is 10.6. The Labute approximate surface area is 123 Å². The smallest absolute Gasteiger partial charge is 0.314 e. The van der Waals surface area contributed by atoms with E-state index in [0.29, 0.717) is 5.75 Å². The summed E-state index contributed by atoms with van der Waals surface area (Å²) in [5.41, 5.74) is 3.16. The summed E-state index contributed by atoms with van der Waals surface area (Å²) in [5.74, 6) is 0.667. The molecule has 0 saturated heterocycles. The Morgan fingerprint density at radius 1 is 1.10 bits per heavy atom. The lowest BCUT2D eigenvalue weighted by molar-refractivity contribution is -0.386. The Morgan fingerprint density at radius 2 is 1.76 bits per heavy atom. The van der Waals surface area contributed by atoms with Crippen LogP contribution in [0.2, 0.25) is 0 Å². The van der Waals surface area contributed by atoms with Gasteiger partial charge in [0.25, 0.3) is 0 Å². The summed E-state index contributed by atoms with van der Waals surface area (Å²) in [6.45, 7) is 4.30. The highest BCUT2D eigenvalue weighted by molar-refractivity contribution is 5.51. The zero-order chi connectivity index (χ0) is 15.4. The molecular formula is C16H17NO4. The van der Waals surface area contributed by atoms with Gasteiger partial charge in [0.05, 0.1) is 18.1 Å². The van der Waals surface area contributed by atoms with Crippen LogP contribution in [0.5, 0.6) is 11.5 Å². The fraction of sp³-hybridized carbons (Fsp3) is 0.250. The number of ether oxygens (including phenoxy) is 2. The first kappa shape index (κ1) is 14.8. The highest BCUT2D eigenvalue weighted by atomic mass is 16.6. The predicted molar refractivity (Wildman–Crippen MR) is 79.9 cm³/mol. The minimum absolute atomic E-state index is 0.0984. The van der Waals surface area contributed by atoms with Crippen molar-refractivity contribution in [3.8, 4) is 11.5 Å². The molecule has 0 amide bonds. The van der Waals surface area contributed by atoms with Gasteiger partial charge in [0.15, 0.2) is 5.75 Å². The van der Waals surface area contributed by atoms with Crippen molar-refractivity contribution in [2.45, 2.75) is 20.5 Å². The second-order valence-corrected chi connectivity index (χ2v) is 4.88. The van der Waals surface area contributed by atoms with Crippen LogP contribution in [0.1, 0.15) is 16.7 Å². The van der Waals surface area contributed by atoms with Gasteiger partial charge in [-0.3, -0.25) is 10.1 Å². The molecule has 5 heteroatoms. The molecule has 21 heavy (non-hydrogen) atoms. The van der Waals surface area contributed by atoms with Gasteiger partial charge in [-0.2, -0.15) is 0 Å². The summed E-state index contributed by atoms with van der Waals surface area (Å²) in [4.78, 5) is 10.6. The number of rotatable bonds is 5. The second kappa shape index (κ2) is 6.26. The van der Waals surface area contributed by atoms with Gasteiger partial charge in [0.1, 0.15) is 12.4 Å². The molecule has 2 aromatic carbocycles. The van der Waals surface area contributed by atoms with Crippen LogP contribution in [0.4, 0.5) is 5.69 Å². The average Bonchev–Trinajstić information content (AvgIpc) is 2.43. The normalized spacial score (nSPS) is 10.2. The van der Waals surface area contributed by atoms with E-state index in [2.05, 4.69) is 6.07 Å². The molecular weight excluding hydrogens is 270 g/mol. The zero-order valence-electron chi connectivity index (χ0n) is 12.3. The lowest BCUT2D eigenvalue weighted by atomic mass is 10.1. The number of hydrogen-bond donors (Lipinski definition) is 0. The van der Waals surface area contributed by atoms with E-state index in [9.17, 15) is 10.1 Å². The van der Waals surface area contributed by atoms with Crippen LogP contribution in [-0.2, 0) is 6.61 Å². The maximum Gasteiger partial charge on any atom is 0.314 e. The molecule has 0 N–H and O–H groups in total. The van der Waals surface area contributed by atoms with Crippen LogP contribution in [0, 0.1) is 24.0 Å². The van der Waals surface area contributed by atoms with Crippen molar-refractivity contribution in [1.82, 2.24) is 0 Å². The first-order valence-corrected chi connectivity index (χ1v) is 6.52. The summed E-state index contributed by atoms with van der Waals surface area (Å²) in [6, 6.07) is 10.6. The Morgan fingerprint density at radius 3 is 2.33 bits per heavy atom. The molecule has 0 fully saturated rings. The highest BCUT2D eigenvalue weighted by Crippen LogP contribution is 2.31. The molecule has 5 nitrogen and oxygen atoms in total. The van der Waals surface area contributed by atoms with Gasteiger partial charge in [-0.1, -0.05) is 29.3 Å². The van der Waals surface area contributed by atoms with E-state index in [1.54, 1.807) is 12.1 Å². The van der Waals surface area contributed by atoms with Crippen LogP contribution < -0.4 is 9.47 Å². The Kier molecular flexibility index (Phi) is 4.42. The molecule has 110 valence electrons. The highest BCUT2D eigenvalue weighted by Gasteiger charge is 2.16. The molecule has 0 spiro atoms. The SMILES string of the molecule is COc1ccc(OCc2cc(C)cc(C)c2)c([N+](=O)[O-])c1. The molecule has 0 aliphatic rings. The molecule has 0 heterocycles. The summed E-state index contributed by atoms with van der Waals surface area (Å²) >= 11 is 0. The lowest BCUT2D eigenvalue weighted by Gasteiger charge is -2.09. The largest absolute Gasteiger partial charge is 0.496 e. The number of methoxy groups -OCH3 is 1. The van der Waals surface area contributed by atoms with Crippen LogP contribution in [0.3, 0.4) is 0 Å². The van der Waals surface area contributed by atoms with Gasteiger partial charge in [-0.25, -0.2) is 0 Å². The molecule has 2 rings (SSSR count). The van der Waals surface area contributed by atoms with Crippen LogP contribution in [0.25, 0.3) is 0 Å². The number of aryl methyl sites for hydroxylation is 2. The minimum atomic E-state index is -0.473. The Balaban J connectivity index is 2.21. The number of nitro groups is 1. The number of nitro benzene ring substituents is 1. The molecule has 0 radical (unpaired) electrons. The summed E-state index contributed by atoms with van der Waals surface area (Å²) in [6.07, 6.45) is 0. The van der Waals surface area contributed by atoms with Crippen LogP contribution in [0.15, 0.2) is 36.4 Å². The third kappa shape index (κ3) is 3.72. The fourth-order valence-electron chi connectivity index (χ4n) is 2.20. The summed E-state index contributed by atoms with van der Waals surface area (Å²) in [7, 11) is 1.47. The molecule has 0 aliphatic carbocycles. The van der Waals surface area contributed by atoms with E-state index in [1.165, 1.54) is 13.2 Å². The van der Waals surface area contributed by atoms with Gasteiger partial charge in [0, 0.05) is 0 Å². The molecule has 0 bridgehead atoms. The second-order valence-electron chi connectivity index (χ2n) is 4.88. The van der Waals surface area contributed by atoms with Crippen molar-refractivity contribution in [1.29, 1.82) is 0 Å². The fourth-order valence-corrected chi connectivity index (χ4v) is 2.20. The molecule has 0 unspecified atom stereocenters. The first-order valence-electron chi connectivity index (χ1n) is 6.52. The molecule has 0 saturated carbocycles. The number of nitrogens with zero attached hydrogens (tertiary/aromatic N) is 1. The van der Waals surface area contributed by atoms with Crippen LogP contribution in [-0.4, -0.2) is 12.0 Å². The van der Waals surface area contributed by atoms with Crippen molar-refractivity contribution in [3.05, 3.63) is 63.2 Å². The standard InChI is InChI=1S/C16H17NO4/c1-11-6-12(2)8-13(7-11)10-21-16-5-4-14(20-3)9-15(16)17(18)19/h4-9H,10H2,1-3H3. The van der Waals surface area contributed by atoms with E-state index in [4.69, 9.17) is 9.47 Å². The van der Waals surface area contributed by atoms with Gasteiger partial charge in [-0.05, 0) is 31.5 Å². The quantitative estimate of drug-likeness (QED) is 0.620. The molecule has 2 aromatic rings. The molecule has 0 aromatic heterocycles. The number of hydrogen-bond acceptors (Lipinski definition) is 4. The monoisotopic (exact) mass is 287 g/mol. The van der Waals surface area contributed by atoms with Crippen LogP contribution >= 0.6 is 0 Å². The van der Waals surface area contributed by atoms with E-state index < -0.39 is 4.92 Å². The molecule has 0 atom stereocenters. The average molecular weight is 287 g/mol. The van der Waals surface area contributed by atoms with Gasteiger partial charge >= 0.3 is 5.69 Å². The van der Waals surface area contributed by atoms with Crippen molar-refractivity contribution < 1.29 is 14.4 Å². The van der Waals surface area contributed by atoms with Crippen molar-refractivity contribution in [2.75, 3.05) is 7.11 Å². The van der Waals surface area contributed by atoms with Crippen molar-refractivity contribution in [3.63, 3.8) is 0 Å². The van der Waals surface area contributed by atoms with Crippen molar-refractivity contribution in [2.24, 2.45) is 0 Å². The van der Waals surface area contributed by atoms with E-state index >= 15 is 0 Å². The maximum atomic E-state index is 11.1.